The van der Waals surface area contributed by atoms with Gasteiger partial charge in [0.1, 0.15) is 0 Å². The van der Waals surface area contributed by atoms with Gasteiger partial charge in [-0.05, 0) is 19.8 Å². The molecule has 0 aromatic rings. The third kappa shape index (κ3) is 1.70. The summed E-state index contributed by atoms with van der Waals surface area (Å²) in [6, 6.07) is 0. The third-order valence-corrected chi connectivity index (χ3v) is 1.92. The van der Waals surface area contributed by atoms with Crippen LogP contribution in [0.25, 0.3) is 0 Å². The molecule has 0 spiro atoms. The Bertz CT molecular complexity index is 136. The van der Waals surface area contributed by atoms with Crippen molar-refractivity contribution in [1.82, 2.24) is 0 Å². The van der Waals surface area contributed by atoms with Gasteiger partial charge in [0.25, 0.3) is 0 Å². The quantitative estimate of drug-likeness (QED) is 0.419. The Labute approximate surface area is 61.1 Å². The molecule has 1 heterocycles. The molecule has 1 fully saturated rings. The van der Waals surface area contributed by atoms with Gasteiger partial charge in [0.15, 0.2) is 0 Å². The summed E-state index contributed by atoms with van der Waals surface area (Å²) in [6.07, 6.45) is 2.11. The van der Waals surface area contributed by atoms with Crippen LogP contribution in [-0.4, -0.2) is 18.5 Å². The van der Waals surface area contributed by atoms with E-state index in [0.29, 0.717) is 5.84 Å². The Balaban J connectivity index is 2.39. The molecule has 10 heavy (non-hydrogen) atoms. The largest absolute Gasteiger partial charge is 0.387 e. The van der Waals surface area contributed by atoms with Crippen LogP contribution in [0.3, 0.4) is 0 Å². The van der Waals surface area contributed by atoms with Crippen LogP contribution in [0.15, 0.2) is 0 Å². The molecule has 1 aliphatic rings. The maximum Gasteiger partial charge on any atom is 0.0938 e. The fourth-order valence-electron chi connectivity index (χ4n) is 1.28. The van der Waals surface area contributed by atoms with E-state index < -0.39 is 0 Å². The summed E-state index contributed by atoms with van der Waals surface area (Å²) < 4.78 is 5.31. The molecule has 0 radical (unpaired) electrons. The van der Waals surface area contributed by atoms with E-state index in [0.717, 1.165) is 19.4 Å². The lowest BCUT2D eigenvalue weighted by Gasteiger charge is -2.25. The van der Waals surface area contributed by atoms with E-state index in [4.69, 9.17) is 15.9 Å². The van der Waals surface area contributed by atoms with Crippen LogP contribution < -0.4 is 5.73 Å². The fourth-order valence-corrected chi connectivity index (χ4v) is 1.28. The first kappa shape index (κ1) is 7.54. The summed E-state index contributed by atoms with van der Waals surface area (Å²) in [5.74, 6) is 0.582. The summed E-state index contributed by atoms with van der Waals surface area (Å²) >= 11 is 0. The molecule has 2 atom stereocenters. The highest BCUT2D eigenvalue weighted by Crippen LogP contribution is 2.18. The molecule has 2 unspecified atom stereocenters. The zero-order valence-electron chi connectivity index (χ0n) is 6.26. The first-order valence-corrected chi connectivity index (χ1v) is 3.65. The maximum atomic E-state index is 7.20. The summed E-state index contributed by atoms with van der Waals surface area (Å²) in [5.41, 5.74) is 5.36. The first-order chi connectivity index (χ1) is 4.70. The van der Waals surface area contributed by atoms with Crippen molar-refractivity contribution in [3.63, 3.8) is 0 Å². The molecule has 3 N–H and O–H groups in total. The number of hydrogen-bond acceptors (Lipinski definition) is 2. The molecule has 3 heteroatoms. The van der Waals surface area contributed by atoms with Crippen molar-refractivity contribution >= 4 is 5.84 Å². The Morgan fingerprint density at radius 2 is 2.40 bits per heavy atom. The van der Waals surface area contributed by atoms with E-state index in [1.807, 2.05) is 6.92 Å². The lowest BCUT2D eigenvalue weighted by molar-refractivity contribution is 0.0159. The van der Waals surface area contributed by atoms with Crippen molar-refractivity contribution < 1.29 is 4.74 Å². The lowest BCUT2D eigenvalue weighted by Crippen LogP contribution is -2.32. The van der Waals surface area contributed by atoms with E-state index in [1.54, 1.807) is 0 Å². The predicted molar refractivity (Wildman–Crippen MR) is 40.1 cm³/mol. The molecule has 1 aliphatic heterocycles. The molecule has 0 aromatic carbocycles. The number of hydrogen-bond donors (Lipinski definition) is 2. The molecule has 0 aromatic heterocycles. The summed E-state index contributed by atoms with van der Waals surface area (Å²) in [6.45, 7) is 2.78. The fraction of sp³-hybridized carbons (Fsp3) is 0.857. The van der Waals surface area contributed by atoms with Gasteiger partial charge in [-0.25, -0.2) is 0 Å². The van der Waals surface area contributed by atoms with Crippen LogP contribution in [-0.2, 0) is 4.74 Å². The van der Waals surface area contributed by atoms with Gasteiger partial charge < -0.3 is 10.5 Å². The highest BCUT2D eigenvalue weighted by atomic mass is 16.5. The zero-order valence-corrected chi connectivity index (χ0v) is 6.26. The van der Waals surface area contributed by atoms with Gasteiger partial charge in [0.05, 0.1) is 11.9 Å². The van der Waals surface area contributed by atoms with E-state index in [2.05, 4.69) is 0 Å². The normalized spacial score (nSPS) is 33.7. The zero-order chi connectivity index (χ0) is 7.56. The molecular weight excluding hydrogens is 128 g/mol. The Hall–Kier alpha value is -0.570. The minimum atomic E-state index is 0.267. The van der Waals surface area contributed by atoms with E-state index in [-0.39, 0.29) is 12.0 Å². The lowest BCUT2D eigenvalue weighted by atomic mass is 9.95. The van der Waals surface area contributed by atoms with Gasteiger partial charge in [-0.1, -0.05) is 0 Å². The SMILES string of the molecule is CC1CC(C(=N)N)CCO1. The van der Waals surface area contributed by atoms with Crippen molar-refractivity contribution in [2.24, 2.45) is 11.7 Å². The number of ether oxygens (including phenoxy) is 1. The molecule has 3 nitrogen and oxygen atoms in total. The van der Waals surface area contributed by atoms with Crippen molar-refractivity contribution in [2.45, 2.75) is 25.9 Å². The minimum absolute atomic E-state index is 0.267. The van der Waals surface area contributed by atoms with Crippen LogP contribution >= 0.6 is 0 Å². The molecule has 0 saturated carbocycles. The van der Waals surface area contributed by atoms with Gasteiger partial charge in [0.2, 0.25) is 0 Å². The maximum absolute atomic E-state index is 7.20. The molecule has 1 rings (SSSR count). The van der Waals surface area contributed by atoms with Gasteiger partial charge in [-0.2, -0.15) is 0 Å². The number of rotatable bonds is 1. The molecule has 1 saturated heterocycles. The van der Waals surface area contributed by atoms with Gasteiger partial charge in [0, 0.05) is 12.5 Å². The topological polar surface area (TPSA) is 59.1 Å². The monoisotopic (exact) mass is 142 g/mol. The van der Waals surface area contributed by atoms with Crippen LogP contribution in [0.4, 0.5) is 0 Å². The van der Waals surface area contributed by atoms with Crippen LogP contribution in [0.2, 0.25) is 0 Å². The van der Waals surface area contributed by atoms with Crippen molar-refractivity contribution in [2.75, 3.05) is 6.61 Å². The Kier molecular flexibility index (Phi) is 2.27. The van der Waals surface area contributed by atoms with Crippen LogP contribution in [0.5, 0.6) is 0 Å². The van der Waals surface area contributed by atoms with Gasteiger partial charge >= 0.3 is 0 Å². The predicted octanol–water partition coefficient (Wildman–Crippen LogP) is 0.737. The molecule has 0 amide bonds. The second-order valence-corrected chi connectivity index (χ2v) is 2.86. The average molecular weight is 142 g/mol. The summed E-state index contributed by atoms with van der Waals surface area (Å²) in [4.78, 5) is 0. The molecule has 0 bridgehead atoms. The highest BCUT2D eigenvalue weighted by molar-refractivity contribution is 5.79. The van der Waals surface area contributed by atoms with E-state index >= 15 is 0 Å². The van der Waals surface area contributed by atoms with Crippen LogP contribution in [0.1, 0.15) is 19.8 Å². The second-order valence-electron chi connectivity index (χ2n) is 2.86. The molecular formula is C7H14N2O. The minimum Gasteiger partial charge on any atom is -0.387 e. The molecule has 0 aliphatic carbocycles. The third-order valence-electron chi connectivity index (χ3n) is 1.92. The van der Waals surface area contributed by atoms with Crippen molar-refractivity contribution in [1.29, 1.82) is 5.41 Å². The second kappa shape index (κ2) is 3.01. The van der Waals surface area contributed by atoms with Gasteiger partial charge in [-0.15, -0.1) is 0 Å². The van der Waals surface area contributed by atoms with E-state index in [1.165, 1.54) is 0 Å². The Morgan fingerprint density at radius 1 is 1.70 bits per heavy atom. The summed E-state index contributed by atoms with van der Waals surface area (Å²) in [5, 5.41) is 7.20. The van der Waals surface area contributed by atoms with Crippen molar-refractivity contribution in [3.05, 3.63) is 0 Å². The standard InChI is InChI=1S/C7H14N2O/c1-5-4-6(7(8)9)2-3-10-5/h5-6H,2-4H2,1H3,(H3,8,9). The number of nitrogens with one attached hydrogen (secondary N) is 1. The highest BCUT2D eigenvalue weighted by Gasteiger charge is 2.20. The number of amidine groups is 1. The van der Waals surface area contributed by atoms with Crippen molar-refractivity contribution in [3.8, 4) is 0 Å². The first-order valence-electron chi connectivity index (χ1n) is 3.65. The van der Waals surface area contributed by atoms with E-state index in [9.17, 15) is 0 Å². The summed E-state index contributed by atoms with van der Waals surface area (Å²) in [7, 11) is 0. The van der Waals surface area contributed by atoms with Gasteiger partial charge in [-0.3, -0.25) is 5.41 Å². The molecule has 58 valence electrons. The smallest absolute Gasteiger partial charge is 0.0938 e. The van der Waals surface area contributed by atoms with Crippen LogP contribution in [0, 0.1) is 11.3 Å². The number of nitrogens with two attached hydrogens (primary N) is 1. The Morgan fingerprint density at radius 3 is 2.80 bits per heavy atom. The average Bonchev–Trinajstić information content (AvgIpc) is 1.88.